The van der Waals surface area contributed by atoms with Gasteiger partial charge in [-0.2, -0.15) is 0 Å². The van der Waals surface area contributed by atoms with Crippen molar-refractivity contribution in [3.05, 3.63) is 20.8 Å². The Morgan fingerprint density at radius 2 is 2.50 bits per heavy atom. The summed E-state index contributed by atoms with van der Waals surface area (Å²) in [5, 5.41) is 16.2. The van der Waals surface area contributed by atoms with Crippen LogP contribution in [0.15, 0.2) is 15.9 Å². The molecule has 90 valence electrons. The summed E-state index contributed by atoms with van der Waals surface area (Å²) in [5.74, 6) is 0.371. The summed E-state index contributed by atoms with van der Waals surface area (Å²) in [6, 6.07) is 2.06. The van der Waals surface area contributed by atoms with Gasteiger partial charge in [-0.15, -0.1) is 11.3 Å². The van der Waals surface area contributed by atoms with Gasteiger partial charge in [0.1, 0.15) is 0 Å². The maximum Gasteiger partial charge on any atom is 0.0748 e. The standard InChI is InChI=1S/C12H18BrNOS/c1-2-9-8-14-5-4-12(9,15)7-11-10(13)3-6-16-11/h3,6,9,14-15H,2,4-5,7-8H2,1H3. The van der Waals surface area contributed by atoms with Crippen LogP contribution in [0.5, 0.6) is 0 Å². The molecule has 0 bridgehead atoms. The van der Waals surface area contributed by atoms with E-state index in [2.05, 4.69) is 39.6 Å². The third-order valence-electron chi connectivity index (χ3n) is 3.54. The molecule has 16 heavy (non-hydrogen) atoms. The lowest BCUT2D eigenvalue weighted by Crippen LogP contribution is -2.51. The Morgan fingerprint density at radius 3 is 3.12 bits per heavy atom. The quantitative estimate of drug-likeness (QED) is 0.900. The van der Waals surface area contributed by atoms with Gasteiger partial charge in [0.05, 0.1) is 5.60 Å². The Labute approximate surface area is 109 Å². The average molecular weight is 304 g/mol. The molecule has 0 aromatic carbocycles. The first-order valence-corrected chi connectivity index (χ1v) is 7.48. The van der Waals surface area contributed by atoms with E-state index in [4.69, 9.17) is 0 Å². The molecule has 2 heterocycles. The molecule has 0 saturated carbocycles. The zero-order valence-electron chi connectivity index (χ0n) is 9.50. The minimum Gasteiger partial charge on any atom is -0.389 e. The predicted octanol–water partition coefficient (Wildman–Crippen LogP) is 2.80. The lowest BCUT2D eigenvalue weighted by molar-refractivity contribution is -0.0409. The van der Waals surface area contributed by atoms with Gasteiger partial charge in [0, 0.05) is 28.2 Å². The molecule has 1 aromatic rings. The maximum absolute atomic E-state index is 10.8. The Kier molecular flexibility index (Phi) is 4.06. The van der Waals surface area contributed by atoms with Crippen molar-refractivity contribution in [2.24, 2.45) is 5.92 Å². The highest BCUT2D eigenvalue weighted by Crippen LogP contribution is 2.34. The molecular weight excluding hydrogens is 286 g/mol. The van der Waals surface area contributed by atoms with Crippen molar-refractivity contribution >= 4 is 27.3 Å². The van der Waals surface area contributed by atoms with Crippen LogP contribution in [-0.4, -0.2) is 23.8 Å². The van der Waals surface area contributed by atoms with Gasteiger partial charge in [-0.3, -0.25) is 0 Å². The molecule has 1 fully saturated rings. The van der Waals surface area contributed by atoms with Crippen LogP contribution in [0.2, 0.25) is 0 Å². The van der Waals surface area contributed by atoms with Crippen molar-refractivity contribution in [1.29, 1.82) is 0 Å². The van der Waals surface area contributed by atoms with Gasteiger partial charge in [0.2, 0.25) is 0 Å². The smallest absolute Gasteiger partial charge is 0.0748 e. The van der Waals surface area contributed by atoms with E-state index in [0.29, 0.717) is 5.92 Å². The predicted molar refractivity (Wildman–Crippen MR) is 71.9 cm³/mol. The third kappa shape index (κ3) is 2.50. The van der Waals surface area contributed by atoms with Gasteiger partial charge in [-0.05, 0) is 46.8 Å². The first kappa shape index (κ1) is 12.6. The fraction of sp³-hybridized carbons (Fsp3) is 0.667. The van der Waals surface area contributed by atoms with Crippen LogP contribution >= 0.6 is 27.3 Å². The fourth-order valence-corrected chi connectivity index (χ4v) is 4.07. The van der Waals surface area contributed by atoms with Crippen molar-refractivity contribution in [2.75, 3.05) is 13.1 Å². The number of piperidine rings is 1. The molecule has 2 N–H and O–H groups in total. The highest BCUT2D eigenvalue weighted by molar-refractivity contribution is 9.10. The number of hydrogen-bond donors (Lipinski definition) is 2. The third-order valence-corrected chi connectivity index (χ3v) is 5.46. The number of nitrogens with one attached hydrogen (secondary N) is 1. The highest BCUT2D eigenvalue weighted by atomic mass is 79.9. The normalized spacial score (nSPS) is 30.6. The van der Waals surface area contributed by atoms with E-state index >= 15 is 0 Å². The summed E-state index contributed by atoms with van der Waals surface area (Å²) in [7, 11) is 0. The average Bonchev–Trinajstić information content (AvgIpc) is 2.64. The minimum absolute atomic E-state index is 0.371. The molecule has 0 radical (unpaired) electrons. The van der Waals surface area contributed by atoms with Crippen molar-refractivity contribution in [1.82, 2.24) is 5.32 Å². The number of hydrogen-bond acceptors (Lipinski definition) is 3. The largest absolute Gasteiger partial charge is 0.389 e. The second kappa shape index (κ2) is 5.17. The molecule has 2 unspecified atom stereocenters. The molecule has 1 aliphatic rings. The summed E-state index contributed by atoms with van der Waals surface area (Å²) in [6.45, 7) is 4.03. The molecule has 1 aliphatic heterocycles. The topological polar surface area (TPSA) is 32.3 Å². The Bertz CT molecular complexity index is 355. The van der Waals surface area contributed by atoms with E-state index in [-0.39, 0.29) is 0 Å². The highest BCUT2D eigenvalue weighted by Gasteiger charge is 2.38. The zero-order chi connectivity index (χ0) is 11.6. The van der Waals surface area contributed by atoms with Crippen LogP contribution in [0.4, 0.5) is 0 Å². The number of rotatable bonds is 3. The molecule has 0 aliphatic carbocycles. The maximum atomic E-state index is 10.8. The van der Waals surface area contributed by atoms with Gasteiger partial charge in [-0.1, -0.05) is 6.92 Å². The fourth-order valence-electron chi connectivity index (χ4n) is 2.46. The molecule has 2 atom stereocenters. The van der Waals surface area contributed by atoms with Crippen molar-refractivity contribution in [2.45, 2.75) is 31.8 Å². The van der Waals surface area contributed by atoms with E-state index in [0.717, 1.165) is 36.8 Å². The van der Waals surface area contributed by atoms with Crippen LogP contribution in [0.1, 0.15) is 24.6 Å². The zero-order valence-corrected chi connectivity index (χ0v) is 11.9. The summed E-state index contributed by atoms with van der Waals surface area (Å²) in [5.41, 5.74) is -0.520. The van der Waals surface area contributed by atoms with E-state index in [1.165, 1.54) is 4.88 Å². The number of thiophene rings is 1. The summed E-state index contributed by atoms with van der Waals surface area (Å²) in [4.78, 5) is 1.27. The molecule has 2 nitrogen and oxygen atoms in total. The molecule has 0 amide bonds. The van der Waals surface area contributed by atoms with Crippen LogP contribution in [0.3, 0.4) is 0 Å². The minimum atomic E-state index is -0.520. The van der Waals surface area contributed by atoms with Crippen LogP contribution in [0.25, 0.3) is 0 Å². The SMILES string of the molecule is CCC1CNCCC1(O)Cc1sccc1Br. The van der Waals surface area contributed by atoms with Crippen molar-refractivity contribution in [3.8, 4) is 0 Å². The van der Waals surface area contributed by atoms with Crippen LogP contribution in [-0.2, 0) is 6.42 Å². The summed E-state index contributed by atoms with van der Waals surface area (Å²) in [6.07, 6.45) is 2.67. The van der Waals surface area contributed by atoms with Gasteiger partial charge in [0.15, 0.2) is 0 Å². The monoisotopic (exact) mass is 303 g/mol. The number of aliphatic hydroxyl groups is 1. The first-order valence-electron chi connectivity index (χ1n) is 5.80. The van der Waals surface area contributed by atoms with E-state index < -0.39 is 5.60 Å². The van der Waals surface area contributed by atoms with Gasteiger partial charge in [-0.25, -0.2) is 0 Å². The van der Waals surface area contributed by atoms with E-state index in [1.807, 2.05) is 0 Å². The van der Waals surface area contributed by atoms with E-state index in [9.17, 15) is 5.11 Å². The van der Waals surface area contributed by atoms with Gasteiger partial charge in [0.25, 0.3) is 0 Å². The van der Waals surface area contributed by atoms with Crippen LogP contribution in [0, 0.1) is 5.92 Å². The molecule has 0 spiro atoms. The summed E-state index contributed by atoms with van der Waals surface area (Å²) < 4.78 is 1.14. The lowest BCUT2D eigenvalue weighted by atomic mass is 9.77. The Morgan fingerprint density at radius 1 is 1.69 bits per heavy atom. The number of halogens is 1. The first-order chi connectivity index (χ1) is 7.65. The molecule has 1 saturated heterocycles. The second-order valence-corrected chi connectivity index (χ2v) is 6.39. The molecule has 1 aromatic heterocycles. The molecule has 2 rings (SSSR count). The van der Waals surface area contributed by atoms with Crippen LogP contribution < -0.4 is 5.32 Å². The molecule has 4 heteroatoms. The van der Waals surface area contributed by atoms with Gasteiger partial charge < -0.3 is 10.4 Å². The van der Waals surface area contributed by atoms with Crippen molar-refractivity contribution < 1.29 is 5.11 Å². The van der Waals surface area contributed by atoms with E-state index in [1.54, 1.807) is 11.3 Å². The van der Waals surface area contributed by atoms with Crippen molar-refractivity contribution in [3.63, 3.8) is 0 Å². The second-order valence-electron chi connectivity index (χ2n) is 4.53. The van der Waals surface area contributed by atoms with Gasteiger partial charge >= 0.3 is 0 Å². The lowest BCUT2D eigenvalue weighted by Gasteiger charge is -2.40. The Hall–Kier alpha value is 0.100. The summed E-state index contributed by atoms with van der Waals surface area (Å²) >= 11 is 5.27. The molecular formula is C12H18BrNOS. The Balaban J connectivity index is 2.14.